The number of H-pyrrole nitrogens is 1. The smallest absolute Gasteiger partial charge is 0.182 e. The Morgan fingerprint density at radius 1 is 1.20 bits per heavy atom. The van der Waals surface area contributed by atoms with E-state index in [0.717, 1.165) is 16.8 Å². The second-order valence-corrected chi connectivity index (χ2v) is 3.25. The van der Waals surface area contributed by atoms with Crippen LogP contribution >= 0.6 is 0 Å². The van der Waals surface area contributed by atoms with Crippen LogP contribution in [0.15, 0.2) is 47.4 Å². The minimum Gasteiger partial charge on any atom is -0.392 e. The third kappa shape index (κ3) is 1.97. The van der Waals surface area contributed by atoms with E-state index in [1.807, 2.05) is 24.3 Å². The Bertz CT molecular complexity index is 517. The fourth-order valence-electron chi connectivity index (χ4n) is 1.52. The van der Waals surface area contributed by atoms with Crippen molar-refractivity contribution in [2.45, 2.75) is 6.61 Å². The summed E-state index contributed by atoms with van der Waals surface area (Å²) in [5, 5.41) is 9.16. The number of aromatic amines is 1. The van der Waals surface area contributed by atoms with Gasteiger partial charge in [-0.25, -0.2) is 0 Å². The van der Waals surface area contributed by atoms with Crippen molar-refractivity contribution in [2.24, 2.45) is 0 Å². The van der Waals surface area contributed by atoms with Crippen LogP contribution in [0.25, 0.3) is 11.3 Å². The van der Waals surface area contributed by atoms with Crippen molar-refractivity contribution < 1.29 is 5.11 Å². The molecule has 0 aliphatic rings. The van der Waals surface area contributed by atoms with Gasteiger partial charge in [0.1, 0.15) is 0 Å². The largest absolute Gasteiger partial charge is 0.392 e. The summed E-state index contributed by atoms with van der Waals surface area (Å²) in [5.41, 5.74) is 2.35. The lowest BCUT2D eigenvalue weighted by atomic mass is 10.0. The van der Waals surface area contributed by atoms with Gasteiger partial charge in [-0.15, -0.1) is 0 Å². The molecule has 1 aromatic heterocycles. The molecule has 0 radical (unpaired) electrons. The van der Waals surface area contributed by atoms with Crippen molar-refractivity contribution in [3.63, 3.8) is 0 Å². The number of aliphatic hydroxyl groups is 1. The predicted octanol–water partition coefficient (Wildman–Crippen LogP) is 1.53. The Morgan fingerprint density at radius 2 is 2.00 bits per heavy atom. The summed E-state index contributed by atoms with van der Waals surface area (Å²) in [6.45, 7) is -0.0346. The van der Waals surface area contributed by atoms with Crippen molar-refractivity contribution in [1.82, 2.24) is 4.98 Å². The third-order valence-electron chi connectivity index (χ3n) is 2.25. The minimum atomic E-state index is -0.0449. The Kier molecular flexibility index (Phi) is 2.65. The van der Waals surface area contributed by atoms with Crippen LogP contribution in [0.5, 0.6) is 0 Å². The molecular weight excluding hydrogens is 190 g/mol. The molecule has 0 saturated carbocycles. The lowest BCUT2D eigenvalue weighted by molar-refractivity contribution is 0.282. The van der Waals surface area contributed by atoms with E-state index < -0.39 is 0 Å². The van der Waals surface area contributed by atoms with E-state index in [9.17, 15) is 4.79 Å². The molecule has 3 nitrogen and oxygen atoms in total. The molecule has 2 N–H and O–H groups in total. The quantitative estimate of drug-likeness (QED) is 0.774. The molecule has 2 rings (SSSR count). The number of aromatic nitrogens is 1. The Labute approximate surface area is 87.0 Å². The highest BCUT2D eigenvalue weighted by Crippen LogP contribution is 2.19. The summed E-state index contributed by atoms with van der Waals surface area (Å²) in [7, 11) is 0. The van der Waals surface area contributed by atoms with Gasteiger partial charge in [0, 0.05) is 29.6 Å². The molecule has 0 unspecified atom stereocenters. The molecular formula is C12H11NO2. The fraction of sp³-hybridized carbons (Fsp3) is 0.0833. The molecule has 2 aromatic rings. The van der Waals surface area contributed by atoms with E-state index >= 15 is 0 Å². The number of hydrogen-bond acceptors (Lipinski definition) is 2. The molecule has 0 fully saturated rings. The molecule has 0 amide bonds. The van der Waals surface area contributed by atoms with Crippen LogP contribution in [0.4, 0.5) is 0 Å². The Balaban J connectivity index is 2.58. The zero-order chi connectivity index (χ0) is 10.7. The maximum Gasteiger partial charge on any atom is 0.182 e. The van der Waals surface area contributed by atoms with E-state index in [4.69, 9.17) is 5.11 Å². The Morgan fingerprint density at radius 3 is 2.73 bits per heavy atom. The SMILES string of the molecule is O=c1cc[nH]c(-c2ccccc2CO)c1. The second-order valence-electron chi connectivity index (χ2n) is 3.25. The highest BCUT2D eigenvalue weighted by atomic mass is 16.3. The van der Waals surface area contributed by atoms with Crippen molar-refractivity contribution in [1.29, 1.82) is 0 Å². The van der Waals surface area contributed by atoms with Gasteiger partial charge in [-0.05, 0) is 5.56 Å². The Hall–Kier alpha value is -1.87. The molecule has 15 heavy (non-hydrogen) atoms. The van der Waals surface area contributed by atoms with Gasteiger partial charge in [0.15, 0.2) is 5.43 Å². The third-order valence-corrected chi connectivity index (χ3v) is 2.25. The summed E-state index contributed by atoms with van der Waals surface area (Å²) in [5.74, 6) is 0. The number of benzene rings is 1. The van der Waals surface area contributed by atoms with Crippen molar-refractivity contribution in [3.8, 4) is 11.3 Å². The summed E-state index contributed by atoms with van der Waals surface area (Å²) < 4.78 is 0. The van der Waals surface area contributed by atoms with E-state index in [2.05, 4.69) is 4.98 Å². The first kappa shape index (κ1) is 9.68. The van der Waals surface area contributed by atoms with Gasteiger partial charge in [-0.1, -0.05) is 24.3 Å². The van der Waals surface area contributed by atoms with E-state index in [1.54, 1.807) is 6.20 Å². The summed E-state index contributed by atoms with van der Waals surface area (Å²) in [6.07, 6.45) is 1.60. The van der Waals surface area contributed by atoms with E-state index in [1.165, 1.54) is 12.1 Å². The first-order valence-corrected chi connectivity index (χ1v) is 4.69. The fourth-order valence-corrected chi connectivity index (χ4v) is 1.52. The zero-order valence-electron chi connectivity index (χ0n) is 8.10. The molecule has 1 aromatic carbocycles. The number of aliphatic hydroxyl groups excluding tert-OH is 1. The highest BCUT2D eigenvalue weighted by molar-refractivity contribution is 5.63. The first-order valence-electron chi connectivity index (χ1n) is 4.69. The van der Waals surface area contributed by atoms with Crippen LogP contribution in [0, 0.1) is 0 Å². The number of nitrogens with one attached hydrogen (secondary N) is 1. The van der Waals surface area contributed by atoms with Gasteiger partial charge in [0.05, 0.1) is 6.61 Å². The van der Waals surface area contributed by atoms with Gasteiger partial charge in [0.25, 0.3) is 0 Å². The lowest BCUT2D eigenvalue weighted by Crippen LogP contribution is -1.99. The maximum atomic E-state index is 11.2. The van der Waals surface area contributed by atoms with Crippen molar-refractivity contribution in [2.75, 3.05) is 0 Å². The predicted molar refractivity (Wildman–Crippen MR) is 58.4 cm³/mol. The number of hydrogen-bond donors (Lipinski definition) is 2. The van der Waals surface area contributed by atoms with Gasteiger partial charge in [0.2, 0.25) is 0 Å². The molecule has 1 heterocycles. The van der Waals surface area contributed by atoms with E-state index in [0.29, 0.717) is 0 Å². The second kappa shape index (κ2) is 4.11. The molecule has 0 spiro atoms. The average molecular weight is 201 g/mol. The van der Waals surface area contributed by atoms with Gasteiger partial charge >= 0.3 is 0 Å². The van der Waals surface area contributed by atoms with Crippen molar-refractivity contribution in [3.05, 3.63) is 58.4 Å². The zero-order valence-corrected chi connectivity index (χ0v) is 8.10. The number of pyridine rings is 1. The maximum absolute atomic E-state index is 11.2. The topological polar surface area (TPSA) is 53.1 Å². The molecule has 0 saturated heterocycles. The summed E-state index contributed by atoms with van der Waals surface area (Å²) in [6, 6.07) is 10.4. The van der Waals surface area contributed by atoms with Crippen LogP contribution < -0.4 is 5.43 Å². The lowest BCUT2D eigenvalue weighted by Gasteiger charge is -2.06. The van der Waals surface area contributed by atoms with Crippen LogP contribution in [-0.4, -0.2) is 10.1 Å². The number of rotatable bonds is 2. The highest BCUT2D eigenvalue weighted by Gasteiger charge is 2.03. The monoisotopic (exact) mass is 201 g/mol. The van der Waals surface area contributed by atoms with Crippen LogP contribution in [0.1, 0.15) is 5.56 Å². The molecule has 76 valence electrons. The molecule has 0 bridgehead atoms. The van der Waals surface area contributed by atoms with E-state index in [-0.39, 0.29) is 12.0 Å². The van der Waals surface area contributed by atoms with Gasteiger partial charge in [-0.3, -0.25) is 4.79 Å². The summed E-state index contributed by atoms with van der Waals surface area (Å²) in [4.78, 5) is 14.2. The molecule has 0 aliphatic carbocycles. The van der Waals surface area contributed by atoms with Crippen molar-refractivity contribution >= 4 is 0 Å². The minimum absolute atomic E-state index is 0.0346. The molecule has 3 heteroatoms. The van der Waals surface area contributed by atoms with Gasteiger partial charge < -0.3 is 10.1 Å². The molecule has 0 atom stereocenters. The van der Waals surface area contributed by atoms with Crippen LogP contribution in [0.3, 0.4) is 0 Å². The first-order chi connectivity index (χ1) is 7.31. The molecule has 0 aliphatic heterocycles. The van der Waals surface area contributed by atoms with Gasteiger partial charge in [-0.2, -0.15) is 0 Å². The average Bonchev–Trinajstić information content (AvgIpc) is 2.29. The van der Waals surface area contributed by atoms with Crippen LogP contribution in [-0.2, 0) is 6.61 Å². The standard InChI is InChI=1S/C12H11NO2/c14-8-9-3-1-2-4-11(9)12-7-10(15)5-6-13-12/h1-7,14H,8H2,(H,13,15). The summed E-state index contributed by atoms with van der Waals surface area (Å²) >= 11 is 0. The normalized spacial score (nSPS) is 10.2. The van der Waals surface area contributed by atoms with Crippen LogP contribution in [0.2, 0.25) is 0 Å².